The number of ether oxygens (including phenoxy) is 1. The fraction of sp³-hybridized carbons (Fsp3) is 0.571. The van der Waals surface area contributed by atoms with E-state index >= 15 is 0 Å². The van der Waals surface area contributed by atoms with E-state index < -0.39 is 0 Å². The minimum atomic E-state index is 0.291. The molecule has 8 heteroatoms. The van der Waals surface area contributed by atoms with Gasteiger partial charge in [0.25, 0.3) is 0 Å². The van der Waals surface area contributed by atoms with Crippen LogP contribution in [0.25, 0.3) is 5.82 Å². The molecule has 1 saturated heterocycles. The van der Waals surface area contributed by atoms with E-state index in [1.807, 2.05) is 0 Å². The van der Waals surface area contributed by atoms with Gasteiger partial charge in [0.05, 0.1) is 24.6 Å². The first-order chi connectivity index (χ1) is 10.7. The minimum Gasteiger partial charge on any atom is -0.373 e. The van der Waals surface area contributed by atoms with Crippen LogP contribution < -0.4 is 5.32 Å². The first-order valence-electron chi connectivity index (χ1n) is 7.49. The number of rotatable bonds is 5. The van der Waals surface area contributed by atoms with Gasteiger partial charge in [-0.1, -0.05) is 0 Å². The highest BCUT2D eigenvalue weighted by Crippen LogP contribution is 2.10. The Kier molecular flexibility index (Phi) is 4.59. The Hall–Kier alpha value is -2.06. The first kappa shape index (κ1) is 14.9. The van der Waals surface area contributed by atoms with Crippen LogP contribution in [0.3, 0.4) is 0 Å². The molecule has 0 radical (unpaired) electrons. The lowest BCUT2D eigenvalue weighted by atomic mass is 10.2. The summed E-state index contributed by atoms with van der Waals surface area (Å²) in [5, 5.41) is 7.36. The van der Waals surface area contributed by atoms with Crippen LogP contribution in [-0.4, -0.2) is 68.0 Å². The highest BCUT2D eigenvalue weighted by Gasteiger charge is 2.21. The zero-order chi connectivity index (χ0) is 15.4. The van der Waals surface area contributed by atoms with Gasteiger partial charge in [0.2, 0.25) is 0 Å². The van der Waals surface area contributed by atoms with Gasteiger partial charge in [-0.2, -0.15) is 5.10 Å². The van der Waals surface area contributed by atoms with Gasteiger partial charge in [-0.25, -0.2) is 14.6 Å². The zero-order valence-corrected chi connectivity index (χ0v) is 12.9. The summed E-state index contributed by atoms with van der Waals surface area (Å²) >= 11 is 0. The molecule has 1 N–H and O–H groups in total. The zero-order valence-electron chi connectivity index (χ0n) is 12.9. The molecule has 0 bridgehead atoms. The lowest BCUT2D eigenvalue weighted by molar-refractivity contribution is -0.0667. The summed E-state index contributed by atoms with van der Waals surface area (Å²) in [5.41, 5.74) is 0. The van der Waals surface area contributed by atoms with Crippen LogP contribution in [0.4, 0.5) is 5.82 Å². The Balaban J connectivity index is 1.52. The Morgan fingerprint density at radius 2 is 2.05 bits per heavy atom. The van der Waals surface area contributed by atoms with Crippen LogP contribution in [0.15, 0.2) is 25.0 Å². The molecule has 2 aromatic heterocycles. The number of hydrogen-bond acceptors (Lipinski definition) is 7. The van der Waals surface area contributed by atoms with Gasteiger partial charge >= 0.3 is 0 Å². The summed E-state index contributed by atoms with van der Waals surface area (Å²) in [6.07, 6.45) is 7.03. The highest BCUT2D eigenvalue weighted by molar-refractivity contribution is 5.35. The van der Waals surface area contributed by atoms with E-state index in [9.17, 15) is 0 Å². The largest absolute Gasteiger partial charge is 0.373 e. The number of morpholine rings is 1. The molecular weight excluding hydrogens is 282 g/mol. The van der Waals surface area contributed by atoms with E-state index in [4.69, 9.17) is 4.74 Å². The molecule has 8 nitrogen and oxygen atoms in total. The average Bonchev–Trinajstić information content (AvgIpc) is 3.01. The van der Waals surface area contributed by atoms with Crippen LogP contribution in [0.1, 0.15) is 13.8 Å². The fourth-order valence-electron chi connectivity index (χ4n) is 2.69. The number of anilines is 1. The van der Waals surface area contributed by atoms with Crippen molar-refractivity contribution in [3.8, 4) is 5.82 Å². The van der Waals surface area contributed by atoms with E-state index in [2.05, 4.69) is 44.1 Å². The van der Waals surface area contributed by atoms with Gasteiger partial charge in [-0.05, 0) is 13.8 Å². The Morgan fingerprint density at radius 1 is 1.23 bits per heavy atom. The van der Waals surface area contributed by atoms with Gasteiger partial charge in [-0.15, -0.1) is 0 Å². The topological polar surface area (TPSA) is 81.0 Å². The van der Waals surface area contributed by atoms with Gasteiger partial charge < -0.3 is 10.1 Å². The van der Waals surface area contributed by atoms with Crippen molar-refractivity contribution >= 4 is 5.82 Å². The van der Waals surface area contributed by atoms with Crippen molar-refractivity contribution in [1.82, 2.24) is 29.6 Å². The highest BCUT2D eigenvalue weighted by atomic mass is 16.5. The molecular formula is C14H21N7O. The Morgan fingerprint density at radius 3 is 2.77 bits per heavy atom. The Labute approximate surface area is 129 Å². The van der Waals surface area contributed by atoms with Crippen LogP contribution in [0, 0.1) is 0 Å². The molecule has 118 valence electrons. The number of nitrogens with one attached hydrogen (secondary N) is 1. The molecule has 3 heterocycles. The monoisotopic (exact) mass is 303 g/mol. The summed E-state index contributed by atoms with van der Waals surface area (Å²) in [6, 6.07) is 0. The van der Waals surface area contributed by atoms with Gasteiger partial charge in [0.15, 0.2) is 5.82 Å². The van der Waals surface area contributed by atoms with Crippen molar-refractivity contribution in [3.05, 3.63) is 25.0 Å². The minimum absolute atomic E-state index is 0.291. The summed E-state index contributed by atoms with van der Waals surface area (Å²) in [5.74, 6) is 1.39. The normalized spacial score (nSPS) is 22.6. The lowest BCUT2D eigenvalue weighted by Gasteiger charge is -2.35. The van der Waals surface area contributed by atoms with E-state index in [1.165, 1.54) is 6.33 Å². The van der Waals surface area contributed by atoms with Crippen molar-refractivity contribution < 1.29 is 4.74 Å². The summed E-state index contributed by atoms with van der Waals surface area (Å²) in [7, 11) is 0. The third-order valence-electron chi connectivity index (χ3n) is 3.50. The van der Waals surface area contributed by atoms with Crippen molar-refractivity contribution in [2.45, 2.75) is 26.1 Å². The van der Waals surface area contributed by atoms with Crippen LogP contribution in [0.2, 0.25) is 0 Å². The van der Waals surface area contributed by atoms with E-state index in [1.54, 1.807) is 23.4 Å². The lowest BCUT2D eigenvalue weighted by Crippen LogP contribution is -2.46. The fourth-order valence-corrected chi connectivity index (χ4v) is 2.69. The molecule has 2 atom stereocenters. The van der Waals surface area contributed by atoms with E-state index in [0.29, 0.717) is 18.0 Å². The third-order valence-corrected chi connectivity index (χ3v) is 3.50. The summed E-state index contributed by atoms with van der Waals surface area (Å²) in [4.78, 5) is 15.0. The Bertz CT molecular complexity index is 579. The number of hydrogen-bond donors (Lipinski definition) is 1. The van der Waals surface area contributed by atoms with Crippen LogP contribution in [-0.2, 0) is 4.74 Å². The number of nitrogens with zero attached hydrogens (tertiary/aromatic N) is 6. The molecule has 0 saturated carbocycles. The predicted molar refractivity (Wildman–Crippen MR) is 81.9 cm³/mol. The third kappa shape index (κ3) is 3.77. The number of aromatic nitrogens is 5. The van der Waals surface area contributed by atoms with E-state index in [0.717, 1.165) is 32.0 Å². The first-order valence-corrected chi connectivity index (χ1v) is 7.49. The summed E-state index contributed by atoms with van der Waals surface area (Å²) in [6.45, 7) is 7.93. The van der Waals surface area contributed by atoms with Crippen molar-refractivity contribution in [2.75, 3.05) is 31.5 Å². The smallest absolute Gasteiger partial charge is 0.175 e. The maximum absolute atomic E-state index is 5.74. The maximum Gasteiger partial charge on any atom is 0.175 e. The second-order valence-electron chi connectivity index (χ2n) is 5.55. The molecule has 0 amide bonds. The SMILES string of the molecule is CC1CN(CCNc2cncc(-n3cncn3)n2)CC(C)O1. The molecule has 2 unspecified atom stereocenters. The molecule has 22 heavy (non-hydrogen) atoms. The second-order valence-corrected chi connectivity index (χ2v) is 5.55. The van der Waals surface area contributed by atoms with Crippen LogP contribution >= 0.6 is 0 Å². The standard InChI is InChI=1S/C14H21N7O/c1-11-7-20(8-12(2)22-11)4-3-17-13-5-15-6-14(19-13)21-10-16-9-18-21/h5-6,9-12H,3-4,7-8H2,1-2H3,(H,17,19). The van der Waals surface area contributed by atoms with Crippen LogP contribution in [0.5, 0.6) is 0 Å². The van der Waals surface area contributed by atoms with Crippen molar-refractivity contribution in [2.24, 2.45) is 0 Å². The average molecular weight is 303 g/mol. The van der Waals surface area contributed by atoms with Gasteiger partial charge in [0, 0.05) is 26.2 Å². The molecule has 0 aromatic carbocycles. The molecule has 0 spiro atoms. The molecule has 1 aliphatic rings. The molecule has 2 aromatic rings. The second kappa shape index (κ2) is 6.80. The van der Waals surface area contributed by atoms with Gasteiger partial charge in [-0.3, -0.25) is 9.88 Å². The van der Waals surface area contributed by atoms with Crippen molar-refractivity contribution in [1.29, 1.82) is 0 Å². The molecule has 3 rings (SSSR count). The maximum atomic E-state index is 5.74. The molecule has 1 aliphatic heterocycles. The van der Waals surface area contributed by atoms with Gasteiger partial charge in [0.1, 0.15) is 18.5 Å². The quantitative estimate of drug-likeness (QED) is 0.865. The summed E-state index contributed by atoms with van der Waals surface area (Å²) < 4.78 is 7.32. The molecule has 1 fully saturated rings. The predicted octanol–water partition coefficient (Wildman–Crippen LogP) is 0.578. The van der Waals surface area contributed by atoms with E-state index in [-0.39, 0.29) is 0 Å². The van der Waals surface area contributed by atoms with Crippen molar-refractivity contribution in [3.63, 3.8) is 0 Å². The molecule has 0 aliphatic carbocycles.